The maximum atomic E-state index is 6.09. The number of methoxy groups -OCH3 is 1. The lowest BCUT2D eigenvalue weighted by atomic mass is 10.1. The van der Waals surface area contributed by atoms with Crippen LogP contribution in [0, 0.1) is 6.92 Å². The van der Waals surface area contributed by atoms with Gasteiger partial charge in [0.05, 0.1) is 18.7 Å². The molecule has 0 aliphatic rings. The molecule has 0 aliphatic carbocycles. The second kappa shape index (κ2) is 9.61. The number of rotatable bonds is 5. The number of anilines is 1. The molecule has 0 radical (unpaired) electrons. The number of nitrogens with zero attached hydrogens (tertiary/aromatic N) is 2. The van der Waals surface area contributed by atoms with Gasteiger partial charge in [0.1, 0.15) is 17.7 Å². The number of hydrogen-bond donors (Lipinski definition) is 2. The summed E-state index contributed by atoms with van der Waals surface area (Å²) in [5.74, 6) is 1.41. The van der Waals surface area contributed by atoms with E-state index in [1.165, 1.54) is 5.56 Å². The van der Waals surface area contributed by atoms with E-state index >= 15 is 0 Å². The zero-order valence-corrected chi connectivity index (χ0v) is 18.0. The molecule has 0 aliphatic heterocycles. The van der Waals surface area contributed by atoms with E-state index in [2.05, 4.69) is 15.3 Å². The number of ether oxygens (including phenoxy) is 1. The second-order valence-corrected chi connectivity index (χ2v) is 6.09. The zero-order chi connectivity index (χ0) is 18.5. The Bertz CT molecular complexity index is 926. The fraction of sp³-hybridized carbons (Fsp3) is 0.158. The molecular formula is C19H20ClIN4O2. The number of aromatic nitrogens is 1. The van der Waals surface area contributed by atoms with Crippen molar-refractivity contribution in [3.63, 3.8) is 0 Å². The molecule has 8 heteroatoms. The molecule has 0 unspecified atom stereocenters. The minimum absolute atomic E-state index is 0. The first-order valence-corrected chi connectivity index (χ1v) is 8.35. The Morgan fingerprint density at radius 3 is 2.67 bits per heavy atom. The standard InChI is InChI=1S/C19H19ClN4O2.HI/c1-12-3-5-13(6-4-12)18-23-15(11-26-18)10-22-19(21)24-14-7-8-17(25-2)16(20)9-14;/h3-9,11H,10H2,1-2H3,(H3,21,22,24);1H. The lowest BCUT2D eigenvalue weighted by Crippen LogP contribution is -2.22. The summed E-state index contributed by atoms with van der Waals surface area (Å²) in [6.07, 6.45) is 1.58. The lowest BCUT2D eigenvalue weighted by Gasteiger charge is -2.08. The SMILES string of the molecule is COc1ccc(NC(N)=NCc2coc(-c3ccc(C)cc3)n2)cc1Cl.I. The van der Waals surface area contributed by atoms with Gasteiger partial charge in [-0.1, -0.05) is 29.3 Å². The summed E-state index contributed by atoms with van der Waals surface area (Å²) in [5.41, 5.74) is 9.43. The first kappa shape index (κ1) is 21.0. The van der Waals surface area contributed by atoms with E-state index in [0.29, 0.717) is 28.9 Å². The molecule has 0 amide bonds. The average Bonchev–Trinajstić information content (AvgIpc) is 3.10. The predicted octanol–water partition coefficient (Wildman–Crippen LogP) is 4.86. The van der Waals surface area contributed by atoms with Crippen molar-refractivity contribution in [3.05, 3.63) is 65.0 Å². The van der Waals surface area contributed by atoms with Crippen LogP contribution >= 0.6 is 35.6 Å². The highest BCUT2D eigenvalue weighted by Gasteiger charge is 2.07. The molecule has 0 atom stereocenters. The van der Waals surface area contributed by atoms with Gasteiger partial charge in [0, 0.05) is 11.3 Å². The molecule has 0 fully saturated rings. The Hall–Kier alpha value is -2.26. The number of nitrogens with two attached hydrogens (primary N) is 1. The van der Waals surface area contributed by atoms with Crippen LogP contribution in [0.4, 0.5) is 5.69 Å². The summed E-state index contributed by atoms with van der Waals surface area (Å²) in [4.78, 5) is 8.70. The second-order valence-electron chi connectivity index (χ2n) is 5.69. The Morgan fingerprint density at radius 2 is 2.00 bits per heavy atom. The Balaban J connectivity index is 0.00000261. The number of aliphatic imine (C=N–C) groups is 1. The maximum absolute atomic E-state index is 6.09. The van der Waals surface area contributed by atoms with E-state index in [-0.39, 0.29) is 29.9 Å². The van der Waals surface area contributed by atoms with Gasteiger partial charge < -0.3 is 20.2 Å². The average molecular weight is 499 g/mol. The number of benzene rings is 2. The molecule has 0 spiro atoms. The molecule has 0 bridgehead atoms. The molecule has 1 aromatic heterocycles. The minimum Gasteiger partial charge on any atom is -0.495 e. The quantitative estimate of drug-likeness (QED) is 0.298. The molecule has 3 N–H and O–H groups in total. The molecule has 1 heterocycles. The number of aryl methyl sites for hydroxylation is 1. The van der Waals surface area contributed by atoms with Crippen molar-refractivity contribution in [2.45, 2.75) is 13.5 Å². The van der Waals surface area contributed by atoms with Gasteiger partial charge in [0.2, 0.25) is 5.89 Å². The largest absolute Gasteiger partial charge is 0.495 e. The molecule has 3 aromatic rings. The smallest absolute Gasteiger partial charge is 0.226 e. The molecule has 6 nitrogen and oxygen atoms in total. The van der Waals surface area contributed by atoms with Crippen molar-refractivity contribution in [2.24, 2.45) is 10.7 Å². The summed E-state index contributed by atoms with van der Waals surface area (Å²) in [5, 5.41) is 3.47. The van der Waals surface area contributed by atoms with E-state index in [1.807, 2.05) is 31.2 Å². The lowest BCUT2D eigenvalue weighted by molar-refractivity contribution is 0.415. The minimum atomic E-state index is 0. The van der Waals surface area contributed by atoms with Gasteiger partial charge in [-0.2, -0.15) is 0 Å². The monoisotopic (exact) mass is 498 g/mol. The van der Waals surface area contributed by atoms with Crippen LogP contribution in [-0.2, 0) is 6.54 Å². The summed E-state index contributed by atoms with van der Waals surface area (Å²) < 4.78 is 10.6. The van der Waals surface area contributed by atoms with Crippen molar-refractivity contribution < 1.29 is 9.15 Å². The van der Waals surface area contributed by atoms with Crippen LogP contribution in [0.25, 0.3) is 11.5 Å². The van der Waals surface area contributed by atoms with E-state index in [4.69, 9.17) is 26.5 Å². The number of oxazole rings is 1. The van der Waals surface area contributed by atoms with E-state index in [9.17, 15) is 0 Å². The van der Waals surface area contributed by atoms with Crippen molar-refractivity contribution >= 4 is 47.2 Å². The highest BCUT2D eigenvalue weighted by molar-refractivity contribution is 14.0. The Labute approximate surface area is 179 Å². The normalized spacial score (nSPS) is 11.0. The molecular weight excluding hydrogens is 479 g/mol. The highest BCUT2D eigenvalue weighted by Crippen LogP contribution is 2.27. The molecule has 142 valence electrons. The first-order valence-electron chi connectivity index (χ1n) is 7.97. The summed E-state index contributed by atoms with van der Waals surface area (Å²) in [6.45, 7) is 2.34. The number of guanidine groups is 1. The number of nitrogens with one attached hydrogen (secondary N) is 1. The molecule has 0 saturated heterocycles. The third-order valence-electron chi connectivity index (χ3n) is 3.69. The summed E-state index contributed by atoms with van der Waals surface area (Å²) in [7, 11) is 1.56. The van der Waals surface area contributed by atoms with Crippen LogP contribution in [0.1, 0.15) is 11.3 Å². The zero-order valence-electron chi connectivity index (χ0n) is 14.9. The van der Waals surface area contributed by atoms with Crippen LogP contribution in [-0.4, -0.2) is 18.1 Å². The van der Waals surface area contributed by atoms with Gasteiger partial charge in [-0.25, -0.2) is 9.98 Å². The Morgan fingerprint density at radius 1 is 1.26 bits per heavy atom. The maximum Gasteiger partial charge on any atom is 0.226 e. The van der Waals surface area contributed by atoms with E-state index in [0.717, 1.165) is 11.3 Å². The van der Waals surface area contributed by atoms with Crippen molar-refractivity contribution in [1.82, 2.24) is 4.98 Å². The molecule has 2 aromatic carbocycles. The number of halogens is 2. The van der Waals surface area contributed by atoms with Crippen LogP contribution in [0.15, 0.2) is 58.1 Å². The van der Waals surface area contributed by atoms with Gasteiger partial charge >= 0.3 is 0 Å². The van der Waals surface area contributed by atoms with Crippen LogP contribution < -0.4 is 15.8 Å². The molecule has 27 heavy (non-hydrogen) atoms. The summed E-state index contributed by atoms with van der Waals surface area (Å²) in [6, 6.07) is 13.2. The van der Waals surface area contributed by atoms with Crippen LogP contribution in [0.3, 0.4) is 0 Å². The van der Waals surface area contributed by atoms with Gasteiger partial charge in [-0.3, -0.25) is 0 Å². The van der Waals surface area contributed by atoms with E-state index in [1.54, 1.807) is 31.6 Å². The summed E-state index contributed by atoms with van der Waals surface area (Å²) >= 11 is 6.09. The fourth-order valence-corrected chi connectivity index (χ4v) is 2.56. The third-order valence-corrected chi connectivity index (χ3v) is 3.98. The topological polar surface area (TPSA) is 85.7 Å². The van der Waals surface area contributed by atoms with Crippen molar-refractivity contribution in [3.8, 4) is 17.2 Å². The Kier molecular flexibility index (Phi) is 7.49. The number of hydrogen-bond acceptors (Lipinski definition) is 4. The third kappa shape index (κ3) is 5.61. The van der Waals surface area contributed by atoms with E-state index < -0.39 is 0 Å². The van der Waals surface area contributed by atoms with Gasteiger partial charge in [0.25, 0.3) is 0 Å². The van der Waals surface area contributed by atoms with Crippen LogP contribution in [0.2, 0.25) is 5.02 Å². The van der Waals surface area contributed by atoms with Crippen molar-refractivity contribution in [2.75, 3.05) is 12.4 Å². The van der Waals surface area contributed by atoms with Crippen LogP contribution in [0.5, 0.6) is 5.75 Å². The first-order chi connectivity index (χ1) is 12.5. The van der Waals surface area contributed by atoms with Gasteiger partial charge in [-0.05, 0) is 37.3 Å². The molecule has 0 saturated carbocycles. The van der Waals surface area contributed by atoms with Gasteiger partial charge in [-0.15, -0.1) is 24.0 Å². The van der Waals surface area contributed by atoms with Crippen molar-refractivity contribution in [1.29, 1.82) is 0 Å². The highest BCUT2D eigenvalue weighted by atomic mass is 127. The predicted molar refractivity (Wildman–Crippen MR) is 119 cm³/mol. The molecule has 3 rings (SSSR count). The van der Waals surface area contributed by atoms with Gasteiger partial charge in [0.15, 0.2) is 5.96 Å². The fourth-order valence-electron chi connectivity index (χ4n) is 2.31.